The normalized spacial score (nSPS) is 19.8. The van der Waals surface area contributed by atoms with Crippen molar-refractivity contribution in [2.45, 2.75) is 46.1 Å². The van der Waals surface area contributed by atoms with Crippen LogP contribution in [0.1, 0.15) is 37.3 Å². The minimum atomic E-state index is -0.00591. The topological polar surface area (TPSA) is 32.3 Å². The van der Waals surface area contributed by atoms with Crippen LogP contribution in [0.5, 0.6) is 0 Å². The number of carbonyl (C=O) groups excluding carboxylic acids is 1. The van der Waals surface area contributed by atoms with Crippen molar-refractivity contribution < 1.29 is 4.79 Å². The molecule has 1 fully saturated rings. The predicted octanol–water partition coefficient (Wildman–Crippen LogP) is 2.80. The minimum Gasteiger partial charge on any atom is -0.311 e. The van der Waals surface area contributed by atoms with Gasteiger partial charge >= 0.3 is 0 Å². The van der Waals surface area contributed by atoms with Crippen LogP contribution in [0.15, 0.2) is 18.2 Å². The molecule has 1 amide bonds. The van der Waals surface area contributed by atoms with Crippen molar-refractivity contribution in [2.75, 3.05) is 18.0 Å². The largest absolute Gasteiger partial charge is 0.311 e. The molecule has 1 aliphatic rings. The number of carbonyl (C=O) groups is 1. The number of rotatable bonds is 4. The lowest BCUT2D eigenvalue weighted by molar-refractivity contribution is -0.121. The number of hydrogen-bond acceptors (Lipinski definition) is 2. The first-order valence-corrected chi connectivity index (χ1v) is 7.25. The predicted molar refractivity (Wildman–Crippen MR) is 79.6 cm³/mol. The Hall–Kier alpha value is -1.35. The summed E-state index contributed by atoms with van der Waals surface area (Å²) in [4.78, 5) is 14.5. The maximum absolute atomic E-state index is 12.6. The van der Waals surface area contributed by atoms with Gasteiger partial charge in [-0.25, -0.2) is 0 Å². The average molecular weight is 260 g/mol. The zero-order valence-electron chi connectivity index (χ0n) is 12.2. The highest BCUT2D eigenvalue weighted by molar-refractivity contribution is 5.98. The van der Waals surface area contributed by atoms with Crippen molar-refractivity contribution in [2.24, 2.45) is 0 Å². The molecular weight excluding hydrogens is 236 g/mol. The van der Waals surface area contributed by atoms with Gasteiger partial charge in [0.05, 0.1) is 6.04 Å². The van der Waals surface area contributed by atoms with Gasteiger partial charge in [0.15, 0.2) is 0 Å². The summed E-state index contributed by atoms with van der Waals surface area (Å²) < 4.78 is 0. The van der Waals surface area contributed by atoms with E-state index < -0.39 is 0 Å². The van der Waals surface area contributed by atoms with Crippen LogP contribution in [0.25, 0.3) is 0 Å². The molecule has 1 atom stereocenters. The standard InChI is InChI=1S/C16H24N2O/c1-4-9-17-14-6-5-10-18(16(14)19)15-11-12(2)7-8-13(15)3/h7-8,11,14,17H,4-6,9-10H2,1-3H3. The lowest BCUT2D eigenvalue weighted by Crippen LogP contribution is -2.51. The Morgan fingerprint density at radius 1 is 1.37 bits per heavy atom. The number of amides is 1. The van der Waals surface area contributed by atoms with Gasteiger partial charge in [0.2, 0.25) is 5.91 Å². The van der Waals surface area contributed by atoms with Crippen molar-refractivity contribution in [1.29, 1.82) is 0 Å². The third-order valence-corrected chi connectivity index (χ3v) is 3.73. The summed E-state index contributed by atoms with van der Waals surface area (Å²) in [5.41, 5.74) is 3.46. The number of benzene rings is 1. The van der Waals surface area contributed by atoms with Crippen LogP contribution in [0, 0.1) is 13.8 Å². The number of anilines is 1. The van der Waals surface area contributed by atoms with Crippen LogP contribution < -0.4 is 10.2 Å². The SMILES string of the molecule is CCCNC1CCCN(c2cc(C)ccc2C)C1=O. The molecular formula is C16H24N2O. The van der Waals surface area contributed by atoms with Crippen molar-refractivity contribution in [3.63, 3.8) is 0 Å². The van der Waals surface area contributed by atoms with E-state index in [4.69, 9.17) is 0 Å². The molecule has 0 saturated carbocycles. The zero-order valence-corrected chi connectivity index (χ0v) is 12.2. The Kier molecular flexibility index (Phi) is 4.59. The number of piperidine rings is 1. The fourth-order valence-electron chi connectivity index (χ4n) is 2.63. The molecule has 1 aromatic rings. The summed E-state index contributed by atoms with van der Waals surface area (Å²) in [5.74, 6) is 0.230. The Morgan fingerprint density at radius 2 is 2.16 bits per heavy atom. The maximum Gasteiger partial charge on any atom is 0.244 e. The smallest absolute Gasteiger partial charge is 0.244 e. The highest BCUT2D eigenvalue weighted by Crippen LogP contribution is 2.25. The molecule has 19 heavy (non-hydrogen) atoms. The Bertz CT molecular complexity index is 456. The van der Waals surface area contributed by atoms with Gasteiger partial charge < -0.3 is 10.2 Å². The Morgan fingerprint density at radius 3 is 2.89 bits per heavy atom. The maximum atomic E-state index is 12.6. The number of nitrogens with one attached hydrogen (secondary N) is 1. The van der Waals surface area contributed by atoms with E-state index >= 15 is 0 Å². The quantitative estimate of drug-likeness (QED) is 0.903. The fourth-order valence-corrected chi connectivity index (χ4v) is 2.63. The van der Waals surface area contributed by atoms with Crippen molar-refractivity contribution in [1.82, 2.24) is 5.32 Å². The van der Waals surface area contributed by atoms with Gasteiger partial charge in [0, 0.05) is 12.2 Å². The molecule has 1 aliphatic heterocycles. The molecule has 0 radical (unpaired) electrons. The highest BCUT2D eigenvalue weighted by atomic mass is 16.2. The highest BCUT2D eigenvalue weighted by Gasteiger charge is 2.29. The van der Waals surface area contributed by atoms with E-state index in [1.165, 1.54) is 11.1 Å². The van der Waals surface area contributed by atoms with Crippen LogP contribution in [0.4, 0.5) is 5.69 Å². The van der Waals surface area contributed by atoms with E-state index in [0.717, 1.165) is 38.0 Å². The van der Waals surface area contributed by atoms with Gasteiger partial charge in [-0.2, -0.15) is 0 Å². The first-order valence-electron chi connectivity index (χ1n) is 7.25. The second-order valence-electron chi connectivity index (χ2n) is 5.43. The average Bonchev–Trinajstić information content (AvgIpc) is 2.41. The van der Waals surface area contributed by atoms with E-state index in [9.17, 15) is 4.79 Å². The number of hydrogen-bond donors (Lipinski definition) is 1. The van der Waals surface area contributed by atoms with E-state index in [-0.39, 0.29) is 11.9 Å². The van der Waals surface area contributed by atoms with Gasteiger partial charge in [0.1, 0.15) is 0 Å². The molecule has 0 spiro atoms. The molecule has 1 N–H and O–H groups in total. The molecule has 0 aliphatic carbocycles. The molecule has 1 saturated heterocycles. The minimum absolute atomic E-state index is 0.00591. The lowest BCUT2D eigenvalue weighted by atomic mass is 10.0. The second-order valence-corrected chi connectivity index (χ2v) is 5.43. The summed E-state index contributed by atoms with van der Waals surface area (Å²) in [6.07, 6.45) is 3.09. The Labute approximate surface area is 116 Å². The van der Waals surface area contributed by atoms with Crippen LogP contribution in [-0.2, 0) is 4.79 Å². The Balaban J connectivity index is 2.19. The van der Waals surface area contributed by atoms with Crippen molar-refractivity contribution in [3.8, 4) is 0 Å². The van der Waals surface area contributed by atoms with Crippen molar-refractivity contribution >= 4 is 11.6 Å². The van der Waals surface area contributed by atoms with Gasteiger partial charge in [-0.1, -0.05) is 19.1 Å². The molecule has 0 aromatic heterocycles. The molecule has 1 unspecified atom stereocenters. The van der Waals surface area contributed by atoms with E-state index in [0.29, 0.717) is 0 Å². The van der Waals surface area contributed by atoms with Crippen LogP contribution in [0.2, 0.25) is 0 Å². The van der Waals surface area contributed by atoms with Crippen LogP contribution in [0.3, 0.4) is 0 Å². The van der Waals surface area contributed by atoms with E-state index in [1.807, 2.05) is 4.90 Å². The van der Waals surface area contributed by atoms with Gasteiger partial charge in [-0.15, -0.1) is 0 Å². The number of nitrogens with zero attached hydrogens (tertiary/aromatic N) is 1. The third kappa shape index (κ3) is 3.16. The summed E-state index contributed by atoms with van der Waals surface area (Å²) in [5, 5.41) is 3.36. The third-order valence-electron chi connectivity index (χ3n) is 3.73. The summed E-state index contributed by atoms with van der Waals surface area (Å²) in [7, 11) is 0. The van der Waals surface area contributed by atoms with Gasteiger partial charge in [-0.3, -0.25) is 4.79 Å². The van der Waals surface area contributed by atoms with Crippen LogP contribution in [-0.4, -0.2) is 25.0 Å². The molecule has 0 bridgehead atoms. The molecule has 2 rings (SSSR count). The number of aryl methyl sites for hydroxylation is 2. The van der Waals surface area contributed by atoms with E-state index in [1.54, 1.807) is 0 Å². The molecule has 3 heteroatoms. The summed E-state index contributed by atoms with van der Waals surface area (Å²) >= 11 is 0. The molecule has 1 heterocycles. The first-order chi connectivity index (χ1) is 9.13. The second kappa shape index (κ2) is 6.20. The molecule has 104 valence electrons. The van der Waals surface area contributed by atoms with Gasteiger partial charge in [0.25, 0.3) is 0 Å². The molecule has 3 nitrogen and oxygen atoms in total. The molecule has 1 aromatic carbocycles. The van der Waals surface area contributed by atoms with Crippen LogP contribution >= 0.6 is 0 Å². The first kappa shape index (κ1) is 14.1. The zero-order chi connectivity index (χ0) is 13.8. The van der Waals surface area contributed by atoms with E-state index in [2.05, 4.69) is 44.3 Å². The van der Waals surface area contributed by atoms with Crippen molar-refractivity contribution in [3.05, 3.63) is 29.3 Å². The monoisotopic (exact) mass is 260 g/mol. The summed E-state index contributed by atoms with van der Waals surface area (Å²) in [6, 6.07) is 6.31. The summed E-state index contributed by atoms with van der Waals surface area (Å²) in [6.45, 7) is 8.03. The fraction of sp³-hybridized carbons (Fsp3) is 0.562. The van der Waals surface area contributed by atoms with Gasteiger partial charge in [-0.05, 0) is 56.8 Å². The lowest BCUT2D eigenvalue weighted by Gasteiger charge is -2.33.